The van der Waals surface area contributed by atoms with E-state index in [0.717, 1.165) is 33.4 Å². The van der Waals surface area contributed by atoms with Gasteiger partial charge in [0.15, 0.2) is 5.96 Å². The van der Waals surface area contributed by atoms with Crippen LogP contribution in [-0.4, -0.2) is 160 Å². The van der Waals surface area contributed by atoms with Gasteiger partial charge in [-0.05, 0) is 105 Å². The number of alkyl carbamates (subject to hydrolysis) is 3. The number of carbonyl (C=O) groups excluding carboxylic acids is 6. The molecule has 33 heteroatoms. The number of rotatable bonds is 33. The highest BCUT2D eigenvalue weighted by atomic mass is 31.2. The van der Waals surface area contributed by atoms with E-state index < -0.39 is 140 Å². The van der Waals surface area contributed by atoms with E-state index in [-0.39, 0.29) is 70.3 Å². The van der Waals surface area contributed by atoms with Crippen LogP contribution in [-0.2, 0) is 95.8 Å². The summed E-state index contributed by atoms with van der Waals surface area (Å²) in [6.45, 7) is 1.86. The summed E-state index contributed by atoms with van der Waals surface area (Å²) in [5.74, 6) is -11.2. The highest BCUT2D eigenvalue weighted by Crippen LogP contribution is 2.61. The number of hydrogen-bond acceptors (Lipinski definition) is 16. The van der Waals surface area contributed by atoms with Crippen molar-refractivity contribution in [3.63, 3.8) is 0 Å². The van der Waals surface area contributed by atoms with Crippen molar-refractivity contribution in [2.24, 2.45) is 34.2 Å². The number of carbonyl (C=O) groups is 9. The summed E-state index contributed by atoms with van der Waals surface area (Å²) in [6, 6.07) is 51.0. The zero-order valence-corrected chi connectivity index (χ0v) is 65.5. The van der Waals surface area contributed by atoms with Crippen molar-refractivity contribution < 1.29 is 101 Å². The number of hydrogen-bond donors (Lipinski definition) is 13. The van der Waals surface area contributed by atoms with E-state index in [4.69, 9.17) is 30.8 Å². The molecule has 0 spiro atoms. The first-order valence-corrected chi connectivity index (χ1v) is 43.1. The molecule has 3 saturated carbocycles. The normalized spacial score (nSPS) is 21.2. The van der Waals surface area contributed by atoms with Gasteiger partial charge < -0.3 is 87.2 Å². The highest BCUT2D eigenvalue weighted by molar-refractivity contribution is 7.60. The lowest BCUT2D eigenvalue weighted by atomic mass is 10.1. The number of carboxylic acid groups (broad SMARTS) is 3. The number of nitrogens with zero attached hydrogens (tertiary/aromatic N) is 2. The molecule has 4 fully saturated rings. The van der Waals surface area contributed by atoms with E-state index in [9.17, 15) is 81.7 Å². The number of likely N-dealkylation sites (tertiary alicyclic amines) is 1. The summed E-state index contributed by atoms with van der Waals surface area (Å²) >= 11 is 0. The van der Waals surface area contributed by atoms with Crippen LogP contribution in [0.1, 0.15) is 124 Å². The number of guanidine groups is 1. The largest absolute Gasteiger partial charge is 0.480 e. The summed E-state index contributed by atoms with van der Waals surface area (Å²) in [5, 5.41) is 40.9. The number of benzene rings is 6. The van der Waals surface area contributed by atoms with Crippen molar-refractivity contribution in [1.29, 1.82) is 0 Å². The second-order valence-corrected chi connectivity index (χ2v) is 36.4. The number of amides is 6. The van der Waals surface area contributed by atoms with E-state index in [1.165, 1.54) is 11.8 Å². The predicted molar refractivity (Wildman–Crippen MR) is 421 cm³/mol. The standard InChI is InChI=1S/C28H38N5O7P.C27H33N2O7P.C25H31N2O7P/c29-27(30)31-16-8-14-22(26(35)36)32-25(34)21-13-7-15-23(21)41(38,39)24(17-19-9-3-1-4-10-19)33-28(37)40-18-20-11-5-2-6-12-20;30-25(29-16-8-14-22(29)26(31)32)21-13-7-15-23(21)37(34,35)24(17-19-9-3-1-4-10-19)28-27(33)36-18-20-11-5-2-6-12-20;1-17(24(29)30)26-23(28)20-13-8-14-21(20)35(32,33)22(15-18-9-4-2-5-10-18)27-25(31)34-16-19-11-6-3-7-12-19/h1-6,9-12,21-24H,7-8,13-18H2,(H,32,34)(H,33,37)(H,35,36)(H,38,39)(H4,29,30,31);1-6,9-12,21-24H,7-8,13-18H2,(H,28,33)(H,31,32)(H,34,35);2-7,9-12,17,20-22H,8,13-16H2,1H3,(H,26,28)(H,27,31)(H,29,30)(H,32,33). The molecule has 0 bridgehead atoms. The van der Waals surface area contributed by atoms with Crippen molar-refractivity contribution in [3.8, 4) is 0 Å². The smallest absolute Gasteiger partial charge is 0.408 e. The Bertz CT molecular complexity index is 4310. The lowest BCUT2D eigenvalue weighted by Crippen LogP contribution is -2.46. The van der Waals surface area contributed by atoms with Crippen LogP contribution in [0.25, 0.3) is 0 Å². The minimum Gasteiger partial charge on any atom is -0.480 e. The molecule has 1 aliphatic heterocycles. The van der Waals surface area contributed by atoms with Crippen molar-refractivity contribution in [2.75, 3.05) is 13.1 Å². The maximum atomic E-state index is 14.1. The minimum atomic E-state index is -4.25. The summed E-state index contributed by atoms with van der Waals surface area (Å²) in [5.41, 5.74) is 12.4. The van der Waals surface area contributed by atoms with E-state index in [0.29, 0.717) is 77.2 Å². The van der Waals surface area contributed by atoms with Crippen molar-refractivity contribution >= 4 is 82.0 Å². The lowest BCUT2D eigenvalue weighted by molar-refractivity contribution is -0.149. The van der Waals surface area contributed by atoms with Crippen LogP contribution >= 0.6 is 22.1 Å². The lowest BCUT2D eigenvalue weighted by Gasteiger charge is -2.33. The fourth-order valence-electron chi connectivity index (χ4n) is 14.7. The molecule has 0 aromatic heterocycles. The zero-order valence-electron chi connectivity index (χ0n) is 62.8. The molecule has 608 valence electrons. The van der Waals surface area contributed by atoms with Gasteiger partial charge in [0.25, 0.3) is 0 Å². The molecular weight excluding hydrogens is 1520 g/mol. The maximum Gasteiger partial charge on any atom is 0.408 e. The summed E-state index contributed by atoms with van der Waals surface area (Å²) in [4.78, 5) is 152. The fourth-order valence-corrected chi connectivity index (χ4v) is 22.4. The molecule has 6 amide bonds. The molecule has 1 saturated heterocycles. The molecule has 3 aliphatic carbocycles. The van der Waals surface area contributed by atoms with Gasteiger partial charge in [0.05, 0.1) is 5.92 Å². The Morgan fingerprint density at radius 3 is 1.10 bits per heavy atom. The average molecular weight is 1620 g/mol. The van der Waals surface area contributed by atoms with E-state index in [1.807, 2.05) is 97.1 Å². The maximum absolute atomic E-state index is 14.1. The van der Waals surface area contributed by atoms with Crippen LogP contribution in [0.4, 0.5) is 14.4 Å². The topological polar surface area (TPSA) is 482 Å². The number of aliphatic carboxylic acids is 3. The van der Waals surface area contributed by atoms with Crippen molar-refractivity contribution in [2.45, 2.75) is 182 Å². The quantitative estimate of drug-likeness (QED) is 0.00598. The monoisotopic (exact) mass is 1620 g/mol. The summed E-state index contributed by atoms with van der Waals surface area (Å²) in [6.07, 6.45) is 2.74. The van der Waals surface area contributed by atoms with Gasteiger partial charge in [0.2, 0.25) is 39.8 Å². The van der Waals surface area contributed by atoms with Crippen LogP contribution < -0.4 is 38.1 Å². The van der Waals surface area contributed by atoms with E-state index >= 15 is 0 Å². The Labute approximate surface area is 656 Å². The predicted octanol–water partition coefficient (Wildman–Crippen LogP) is 10.1. The van der Waals surface area contributed by atoms with Crippen molar-refractivity contribution in [1.82, 2.24) is 31.5 Å². The molecular formula is C80H102N9O21P3. The zero-order chi connectivity index (χ0) is 81.7. The third-order valence-electron chi connectivity index (χ3n) is 20.6. The Morgan fingerprint density at radius 1 is 0.442 bits per heavy atom. The van der Waals surface area contributed by atoms with Gasteiger partial charge in [-0.25, -0.2) is 24.0 Å². The first-order valence-electron chi connectivity index (χ1n) is 37.7. The average Bonchev–Trinajstić information content (AvgIpc) is 1.69. The molecule has 15 N–H and O–H groups in total. The Morgan fingerprint density at radius 2 is 0.770 bits per heavy atom. The number of nitrogens with two attached hydrogens (primary N) is 2. The van der Waals surface area contributed by atoms with Gasteiger partial charge in [-0.2, -0.15) is 0 Å². The van der Waals surface area contributed by atoms with Crippen LogP contribution in [0.15, 0.2) is 187 Å². The molecule has 0 radical (unpaired) electrons. The Kier molecular flexibility index (Phi) is 33.7. The van der Waals surface area contributed by atoms with E-state index in [2.05, 4.69) is 31.6 Å². The second-order valence-electron chi connectivity index (χ2n) is 28.5. The van der Waals surface area contributed by atoms with Crippen LogP contribution in [0, 0.1) is 17.8 Å². The molecule has 113 heavy (non-hydrogen) atoms. The molecule has 15 atom stereocenters. The fraction of sp³-hybridized carbons (Fsp3) is 0.425. The van der Waals surface area contributed by atoms with E-state index in [1.54, 1.807) is 84.9 Å². The molecule has 10 rings (SSSR count). The highest BCUT2D eigenvalue weighted by Gasteiger charge is 2.53. The van der Waals surface area contributed by atoms with Crippen LogP contribution in [0.2, 0.25) is 0 Å². The van der Waals surface area contributed by atoms with Crippen LogP contribution in [0.5, 0.6) is 0 Å². The first-order chi connectivity index (χ1) is 54.0. The van der Waals surface area contributed by atoms with Crippen molar-refractivity contribution in [3.05, 3.63) is 215 Å². The Hall–Kier alpha value is -10.2. The summed E-state index contributed by atoms with van der Waals surface area (Å²) < 4.78 is 57.9. The molecule has 6 aromatic rings. The summed E-state index contributed by atoms with van der Waals surface area (Å²) in [7, 11) is -12.6. The van der Waals surface area contributed by atoms with Gasteiger partial charge in [-0.3, -0.25) is 37.9 Å². The number of ether oxygens (including phenoxy) is 3. The van der Waals surface area contributed by atoms with Gasteiger partial charge in [0, 0.05) is 61.2 Å². The van der Waals surface area contributed by atoms with Gasteiger partial charge in [-0.15, -0.1) is 0 Å². The molecule has 1 heterocycles. The first kappa shape index (κ1) is 88.4. The minimum absolute atomic E-state index is 0.00198. The third kappa shape index (κ3) is 26.4. The van der Waals surface area contributed by atoms with Gasteiger partial charge in [-0.1, -0.05) is 201 Å². The molecule has 30 nitrogen and oxygen atoms in total. The molecule has 15 unspecified atom stereocenters. The van der Waals surface area contributed by atoms with Crippen LogP contribution in [0.3, 0.4) is 0 Å². The SMILES string of the molecule is CC(NC(=O)C1CCCC1P(=O)(O)C(Cc1ccccc1)NC(=O)OCc1ccccc1)C(=O)O.NC(N)=NCCCC(NC(=O)C1CCCC1P(=O)(O)C(Cc1ccccc1)NC(=O)OCc1ccccc1)C(=O)O.O=C(NC(Cc1ccccc1)P(=O)(O)C1CCCC1C(=O)N1CCCC1C(=O)O)OCc1ccccc1. The van der Waals surface area contributed by atoms with Gasteiger partial charge in [0.1, 0.15) is 55.3 Å². The number of nitrogens with one attached hydrogen (secondary N) is 5. The molecule has 6 aromatic carbocycles. The number of aliphatic imine (C=N–C) groups is 1. The second kappa shape index (κ2) is 43.2. The third-order valence-corrected chi connectivity index (χ3v) is 28.9. The number of carboxylic acids is 3. The Balaban J connectivity index is 0.000000213. The molecule has 4 aliphatic rings. The van der Waals surface area contributed by atoms with Gasteiger partial charge >= 0.3 is 36.2 Å².